The first-order valence-corrected chi connectivity index (χ1v) is 16.5. The van der Waals surface area contributed by atoms with E-state index >= 15 is 0 Å². The maximum Gasteiger partial charge on any atom is 0.227 e. The van der Waals surface area contributed by atoms with Gasteiger partial charge >= 0.3 is 0 Å². The van der Waals surface area contributed by atoms with E-state index in [0.29, 0.717) is 12.0 Å². The molecule has 2 aromatic carbocycles. The molecule has 44 heavy (non-hydrogen) atoms. The van der Waals surface area contributed by atoms with Gasteiger partial charge in [0.2, 0.25) is 5.95 Å². The van der Waals surface area contributed by atoms with Crippen molar-refractivity contribution in [1.29, 1.82) is 0 Å². The van der Waals surface area contributed by atoms with E-state index in [1.165, 1.54) is 75.0 Å². The lowest BCUT2D eigenvalue weighted by Gasteiger charge is -2.44. The van der Waals surface area contributed by atoms with Crippen LogP contribution in [0.5, 0.6) is 5.75 Å². The third-order valence-corrected chi connectivity index (χ3v) is 10.2. The van der Waals surface area contributed by atoms with Crippen molar-refractivity contribution in [3.63, 3.8) is 0 Å². The van der Waals surface area contributed by atoms with Gasteiger partial charge in [0.05, 0.1) is 18.5 Å². The molecule has 3 saturated heterocycles. The lowest BCUT2D eigenvalue weighted by molar-refractivity contribution is 0.0882. The number of piperazine rings is 1. The first-order valence-electron chi connectivity index (χ1n) is 16.5. The minimum absolute atomic E-state index is 0.570. The number of ether oxygens (including phenoxy) is 1. The Morgan fingerprint density at radius 3 is 2.48 bits per heavy atom. The highest BCUT2D eigenvalue weighted by Gasteiger charge is 2.30. The van der Waals surface area contributed by atoms with E-state index in [4.69, 9.17) is 9.72 Å². The van der Waals surface area contributed by atoms with Crippen molar-refractivity contribution in [2.45, 2.75) is 37.8 Å². The van der Waals surface area contributed by atoms with E-state index in [2.05, 4.69) is 83.5 Å². The van der Waals surface area contributed by atoms with Crippen molar-refractivity contribution in [2.75, 3.05) is 76.2 Å². The predicted octanol–water partition coefficient (Wildman–Crippen LogP) is 4.99. The monoisotopic (exact) mass is 592 g/mol. The zero-order valence-electron chi connectivity index (χ0n) is 25.8. The Bertz CT molecular complexity index is 1600. The van der Waals surface area contributed by atoms with Crippen molar-refractivity contribution in [3.05, 3.63) is 60.9 Å². The Hall–Kier alpha value is -3.66. The number of rotatable bonds is 9. The zero-order chi connectivity index (χ0) is 29.5. The van der Waals surface area contributed by atoms with Crippen LogP contribution in [0.2, 0.25) is 0 Å². The van der Waals surface area contributed by atoms with Crippen LogP contribution in [0.1, 0.15) is 31.7 Å². The number of benzene rings is 2. The van der Waals surface area contributed by atoms with Gasteiger partial charge in [0.15, 0.2) is 0 Å². The van der Waals surface area contributed by atoms with Crippen LogP contribution in [0.3, 0.4) is 0 Å². The third kappa shape index (κ3) is 5.64. The summed E-state index contributed by atoms with van der Waals surface area (Å²) < 4.78 is 8.27. The van der Waals surface area contributed by atoms with E-state index in [0.717, 1.165) is 60.8 Å². The molecule has 2 aromatic heterocycles. The number of nitrogens with one attached hydrogen (secondary N) is 2. The Morgan fingerprint density at radius 2 is 1.73 bits per heavy atom. The van der Waals surface area contributed by atoms with Gasteiger partial charge in [0, 0.05) is 98.5 Å². The lowest BCUT2D eigenvalue weighted by Crippen LogP contribution is -2.55. The first-order chi connectivity index (χ1) is 21.7. The number of para-hydroxylation sites is 1. The molecule has 9 nitrogen and oxygen atoms in total. The van der Waals surface area contributed by atoms with Gasteiger partial charge in [-0.15, -0.1) is 0 Å². The number of aromatic nitrogens is 3. The molecular formula is C35H44N8O. The van der Waals surface area contributed by atoms with E-state index in [-0.39, 0.29) is 0 Å². The highest BCUT2D eigenvalue weighted by molar-refractivity contribution is 5.95. The van der Waals surface area contributed by atoms with Crippen LogP contribution in [0.4, 0.5) is 17.3 Å². The van der Waals surface area contributed by atoms with Crippen LogP contribution >= 0.6 is 0 Å². The number of methoxy groups -OCH3 is 1. The molecule has 0 radical (unpaired) electrons. The minimum atomic E-state index is 0.570. The fraction of sp³-hybridized carbons (Fsp3) is 0.486. The summed E-state index contributed by atoms with van der Waals surface area (Å²) in [6.07, 6.45) is 9.21. The number of likely N-dealkylation sites (tertiary alicyclic amines) is 1. The number of nitrogens with zero attached hydrogens (tertiary/aromatic N) is 6. The Balaban J connectivity index is 0.915. The zero-order valence-corrected chi connectivity index (χ0v) is 25.8. The number of anilines is 3. The maximum atomic E-state index is 5.86. The summed E-state index contributed by atoms with van der Waals surface area (Å²) in [6.45, 7) is 10.5. The Labute approximate surface area is 260 Å². The second-order valence-corrected chi connectivity index (χ2v) is 13.1. The van der Waals surface area contributed by atoms with E-state index in [1.807, 2.05) is 12.3 Å². The van der Waals surface area contributed by atoms with Crippen molar-refractivity contribution in [1.82, 2.24) is 29.7 Å². The molecule has 0 atom stereocenters. The maximum absolute atomic E-state index is 5.86. The molecule has 230 valence electrons. The average Bonchev–Trinajstić information content (AvgIpc) is 3.83. The normalized spacial score (nSPS) is 20.6. The SMILES string of the molecule is COc1cc(N2CCN(C3CCN(CC4CNC4)CC3)CC2)ccc1Nc1nccc(-c2cn(C3CC3)c3ccccc23)n1. The molecule has 0 bridgehead atoms. The Kier molecular flexibility index (Phi) is 7.61. The van der Waals surface area contributed by atoms with Gasteiger partial charge in [0.25, 0.3) is 0 Å². The van der Waals surface area contributed by atoms with Crippen LogP contribution in [0, 0.1) is 5.92 Å². The molecule has 4 aromatic rings. The van der Waals surface area contributed by atoms with Crippen molar-refractivity contribution in [2.24, 2.45) is 5.92 Å². The molecule has 8 rings (SSSR count). The molecule has 4 fully saturated rings. The van der Waals surface area contributed by atoms with Gasteiger partial charge in [-0.1, -0.05) is 18.2 Å². The van der Waals surface area contributed by atoms with E-state index in [1.54, 1.807) is 7.11 Å². The van der Waals surface area contributed by atoms with Gasteiger partial charge < -0.3 is 29.7 Å². The standard InChI is InChI=1S/C35H44N8O/c1-44-34-20-28(42-18-16-41(17-19-42)26-11-14-40(15-12-26)23-25-21-36-22-25)8-9-32(34)39-35-37-13-10-31(38-35)30-24-43(27-6-7-27)33-5-3-2-4-29(30)33/h2-5,8-10,13,20,24-27,36H,6-7,11-12,14-19,21-23H2,1H3,(H,37,38,39). The van der Waals surface area contributed by atoms with Gasteiger partial charge in [-0.25, -0.2) is 9.97 Å². The van der Waals surface area contributed by atoms with Crippen LogP contribution in [-0.4, -0.2) is 96.4 Å². The molecule has 2 N–H and O–H groups in total. The summed E-state index contributed by atoms with van der Waals surface area (Å²) >= 11 is 0. The molecule has 5 heterocycles. The first kappa shape index (κ1) is 27.9. The fourth-order valence-corrected chi connectivity index (χ4v) is 7.39. The largest absolute Gasteiger partial charge is 0.494 e. The second kappa shape index (κ2) is 12.0. The lowest BCUT2D eigenvalue weighted by atomic mass is 9.98. The summed E-state index contributed by atoms with van der Waals surface area (Å²) in [6, 6.07) is 18.4. The van der Waals surface area contributed by atoms with Crippen molar-refractivity contribution in [3.8, 4) is 17.0 Å². The predicted molar refractivity (Wildman–Crippen MR) is 177 cm³/mol. The second-order valence-electron chi connectivity index (χ2n) is 13.1. The highest BCUT2D eigenvalue weighted by Crippen LogP contribution is 2.41. The van der Waals surface area contributed by atoms with E-state index < -0.39 is 0 Å². The molecule has 0 spiro atoms. The Morgan fingerprint density at radius 1 is 0.909 bits per heavy atom. The molecule has 3 aliphatic heterocycles. The summed E-state index contributed by atoms with van der Waals surface area (Å²) in [7, 11) is 1.74. The van der Waals surface area contributed by atoms with Gasteiger partial charge in [-0.3, -0.25) is 4.90 Å². The summed E-state index contributed by atoms with van der Waals surface area (Å²) in [5.74, 6) is 2.25. The number of piperidine rings is 1. The summed E-state index contributed by atoms with van der Waals surface area (Å²) in [5, 5.41) is 8.08. The number of hydrogen-bond donors (Lipinski definition) is 2. The number of hydrogen-bond acceptors (Lipinski definition) is 8. The van der Waals surface area contributed by atoms with Crippen LogP contribution in [0.25, 0.3) is 22.2 Å². The summed E-state index contributed by atoms with van der Waals surface area (Å²) in [5.41, 5.74) is 5.43. The van der Waals surface area contributed by atoms with E-state index in [9.17, 15) is 0 Å². The quantitative estimate of drug-likeness (QED) is 0.282. The molecule has 1 aliphatic carbocycles. The van der Waals surface area contributed by atoms with Crippen molar-refractivity contribution >= 4 is 28.2 Å². The van der Waals surface area contributed by atoms with Gasteiger partial charge in [-0.05, 0) is 69.0 Å². The third-order valence-electron chi connectivity index (χ3n) is 10.2. The topological polar surface area (TPSA) is 73.7 Å². The summed E-state index contributed by atoms with van der Waals surface area (Å²) in [4.78, 5) is 17.4. The van der Waals surface area contributed by atoms with Gasteiger partial charge in [0.1, 0.15) is 5.75 Å². The van der Waals surface area contributed by atoms with Crippen LogP contribution in [-0.2, 0) is 0 Å². The molecule has 1 saturated carbocycles. The van der Waals surface area contributed by atoms with Crippen molar-refractivity contribution < 1.29 is 4.74 Å². The molecule has 4 aliphatic rings. The molecule has 0 unspecified atom stereocenters. The number of fused-ring (bicyclic) bond motifs is 1. The smallest absolute Gasteiger partial charge is 0.227 e. The highest BCUT2D eigenvalue weighted by atomic mass is 16.5. The van der Waals surface area contributed by atoms with Crippen LogP contribution < -0.4 is 20.3 Å². The fourth-order valence-electron chi connectivity index (χ4n) is 7.39. The van der Waals surface area contributed by atoms with Crippen LogP contribution in [0.15, 0.2) is 60.9 Å². The minimum Gasteiger partial charge on any atom is -0.494 e. The molecule has 0 amide bonds. The molecule has 9 heteroatoms. The average molecular weight is 593 g/mol. The van der Waals surface area contributed by atoms with Gasteiger partial charge in [-0.2, -0.15) is 0 Å². The molecular weight excluding hydrogens is 548 g/mol.